The number of aliphatic imine (C=N–C) groups is 1. The van der Waals surface area contributed by atoms with E-state index in [9.17, 15) is 9.59 Å². The molecular weight excluding hydrogens is 408 g/mol. The first-order chi connectivity index (χ1) is 14.5. The summed E-state index contributed by atoms with van der Waals surface area (Å²) in [5, 5.41) is 0.593. The fourth-order valence-corrected chi connectivity index (χ4v) is 4.40. The monoisotopic (exact) mass is 434 g/mol. The number of ether oxygens (including phenoxy) is 4. The van der Waals surface area contributed by atoms with E-state index in [1.54, 1.807) is 31.1 Å². The number of esters is 1. The van der Waals surface area contributed by atoms with Crippen molar-refractivity contribution in [2.75, 3.05) is 39.8 Å². The first-order valence-corrected chi connectivity index (χ1v) is 10.7. The van der Waals surface area contributed by atoms with Crippen molar-refractivity contribution in [3.8, 4) is 11.5 Å². The Hall–Kier alpha value is -2.52. The van der Waals surface area contributed by atoms with Gasteiger partial charge in [0.15, 0.2) is 16.7 Å². The molecule has 0 saturated carbocycles. The van der Waals surface area contributed by atoms with Gasteiger partial charge in [0.2, 0.25) is 5.91 Å². The number of hydrogen-bond acceptors (Lipinski definition) is 8. The third-order valence-electron chi connectivity index (χ3n) is 4.75. The number of nitrogens with zero attached hydrogens (tertiary/aromatic N) is 2. The lowest BCUT2D eigenvalue weighted by atomic mass is 9.94. The van der Waals surface area contributed by atoms with Gasteiger partial charge in [-0.15, -0.1) is 0 Å². The molecule has 0 aromatic heterocycles. The lowest BCUT2D eigenvalue weighted by Gasteiger charge is -2.39. The van der Waals surface area contributed by atoms with Crippen molar-refractivity contribution in [2.45, 2.75) is 26.3 Å². The lowest BCUT2D eigenvalue weighted by Crippen LogP contribution is -2.45. The first-order valence-electron chi connectivity index (χ1n) is 9.72. The number of methoxy groups -OCH3 is 2. The van der Waals surface area contributed by atoms with Crippen LogP contribution in [0.4, 0.5) is 0 Å². The average molecular weight is 435 g/mol. The van der Waals surface area contributed by atoms with Crippen molar-refractivity contribution in [3.05, 3.63) is 35.0 Å². The molecule has 1 amide bonds. The molecule has 0 spiro atoms. The molecule has 0 N–H and O–H groups in total. The second-order valence-electron chi connectivity index (χ2n) is 6.63. The summed E-state index contributed by atoms with van der Waals surface area (Å²) >= 11 is 1.50. The maximum Gasteiger partial charge on any atom is 0.338 e. The largest absolute Gasteiger partial charge is 0.493 e. The van der Waals surface area contributed by atoms with E-state index >= 15 is 0 Å². The van der Waals surface area contributed by atoms with E-state index in [4.69, 9.17) is 18.9 Å². The van der Waals surface area contributed by atoms with Crippen LogP contribution in [0.2, 0.25) is 0 Å². The number of hydrogen-bond donors (Lipinski definition) is 0. The zero-order valence-corrected chi connectivity index (χ0v) is 18.4. The Bertz CT molecular complexity index is 882. The highest BCUT2D eigenvalue weighted by molar-refractivity contribution is 8.14. The number of rotatable bonds is 8. The van der Waals surface area contributed by atoms with Crippen LogP contribution in [0.1, 0.15) is 31.9 Å². The number of amides is 1. The Balaban J connectivity index is 2.07. The number of thioether (sulfide) groups is 1. The van der Waals surface area contributed by atoms with Crippen LogP contribution in [-0.2, 0) is 19.1 Å². The normalized spacial score (nSPS) is 18.7. The van der Waals surface area contributed by atoms with E-state index in [1.807, 2.05) is 13.0 Å². The molecule has 1 aromatic carbocycles. The van der Waals surface area contributed by atoms with Gasteiger partial charge in [0, 0.05) is 19.3 Å². The Kier molecular flexibility index (Phi) is 7.38. The quantitative estimate of drug-likeness (QED) is 0.459. The van der Waals surface area contributed by atoms with Crippen LogP contribution >= 0.6 is 11.8 Å². The lowest BCUT2D eigenvalue weighted by molar-refractivity contribution is -0.141. The summed E-state index contributed by atoms with van der Waals surface area (Å²) in [5.74, 6) is 1.18. The van der Waals surface area contributed by atoms with Gasteiger partial charge in [-0.1, -0.05) is 17.8 Å². The van der Waals surface area contributed by atoms with E-state index in [-0.39, 0.29) is 19.1 Å². The van der Waals surface area contributed by atoms with E-state index in [0.29, 0.717) is 46.7 Å². The average Bonchev–Trinajstić information content (AvgIpc) is 2.73. The van der Waals surface area contributed by atoms with Gasteiger partial charge in [-0.2, -0.15) is 0 Å². The highest BCUT2D eigenvalue weighted by Crippen LogP contribution is 2.42. The van der Waals surface area contributed by atoms with Crippen molar-refractivity contribution < 1.29 is 28.5 Å². The molecule has 2 heterocycles. The molecule has 0 bridgehead atoms. The van der Waals surface area contributed by atoms with E-state index in [1.165, 1.54) is 18.9 Å². The zero-order valence-electron chi connectivity index (χ0n) is 17.6. The fraction of sp³-hybridized carbons (Fsp3) is 0.476. The van der Waals surface area contributed by atoms with Crippen molar-refractivity contribution in [2.24, 2.45) is 4.99 Å². The van der Waals surface area contributed by atoms with E-state index in [2.05, 4.69) is 4.99 Å². The van der Waals surface area contributed by atoms with Crippen molar-refractivity contribution >= 4 is 28.8 Å². The van der Waals surface area contributed by atoms with Gasteiger partial charge in [-0.3, -0.25) is 9.69 Å². The van der Waals surface area contributed by atoms with Gasteiger partial charge in [-0.25, -0.2) is 9.79 Å². The second-order valence-corrected chi connectivity index (χ2v) is 7.69. The minimum Gasteiger partial charge on any atom is -0.493 e. The van der Waals surface area contributed by atoms with Crippen LogP contribution in [-0.4, -0.2) is 61.7 Å². The van der Waals surface area contributed by atoms with Crippen LogP contribution in [0.5, 0.6) is 11.5 Å². The molecule has 0 aliphatic carbocycles. The number of fused-ring (bicyclic) bond motifs is 1. The first kappa shape index (κ1) is 22.2. The number of amidine groups is 1. The second kappa shape index (κ2) is 9.99. The van der Waals surface area contributed by atoms with Gasteiger partial charge >= 0.3 is 5.97 Å². The Labute approximate surface area is 180 Å². The molecule has 1 fully saturated rings. The molecule has 2 aliphatic rings. The number of carbonyl (C=O) groups excluding carboxylic acids is 2. The molecule has 8 nitrogen and oxygen atoms in total. The zero-order chi connectivity index (χ0) is 21.7. The molecule has 0 radical (unpaired) electrons. The molecule has 2 aliphatic heterocycles. The van der Waals surface area contributed by atoms with Crippen LogP contribution in [0, 0.1) is 0 Å². The predicted octanol–water partition coefficient (Wildman–Crippen LogP) is 2.93. The van der Waals surface area contributed by atoms with Crippen LogP contribution < -0.4 is 9.47 Å². The maximum atomic E-state index is 13.0. The van der Waals surface area contributed by atoms with E-state index < -0.39 is 12.0 Å². The summed E-state index contributed by atoms with van der Waals surface area (Å²) in [5.41, 5.74) is 1.58. The van der Waals surface area contributed by atoms with Crippen LogP contribution in [0.3, 0.4) is 0 Å². The number of benzene rings is 1. The third kappa shape index (κ3) is 4.46. The van der Waals surface area contributed by atoms with Crippen molar-refractivity contribution in [1.82, 2.24) is 4.90 Å². The van der Waals surface area contributed by atoms with Gasteiger partial charge in [0.25, 0.3) is 0 Å². The van der Waals surface area contributed by atoms with Gasteiger partial charge in [-0.05, 0) is 31.5 Å². The van der Waals surface area contributed by atoms with Gasteiger partial charge < -0.3 is 18.9 Å². The molecular formula is C21H26N2O6S. The molecule has 162 valence electrons. The smallest absolute Gasteiger partial charge is 0.338 e. The van der Waals surface area contributed by atoms with Crippen LogP contribution in [0.25, 0.3) is 0 Å². The molecule has 1 atom stereocenters. The van der Waals surface area contributed by atoms with Crippen molar-refractivity contribution in [3.63, 3.8) is 0 Å². The Morgan fingerprint density at radius 1 is 1.27 bits per heavy atom. The highest BCUT2D eigenvalue weighted by atomic mass is 32.2. The summed E-state index contributed by atoms with van der Waals surface area (Å²) in [6, 6.07) is 4.76. The standard InChI is InChI=1S/C21H26N2O6S/c1-5-28-15-7-6-14(12-16(15)27-4)19-18(20(25)29-10-9-26-3)13(2)22-21-23(19)17(24)8-11-30-21/h6-7,12,19H,5,8-11H2,1-4H3/t19-/m1/s1. The summed E-state index contributed by atoms with van der Waals surface area (Å²) < 4.78 is 21.4. The number of allylic oxidation sites excluding steroid dienone is 1. The summed E-state index contributed by atoms with van der Waals surface area (Å²) in [7, 11) is 3.09. The summed E-state index contributed by atoms with van der Waals surface area (Å²) in [6.45, 7) is 4.54. The highest BCUT2D eigenvalue weighted by Gasteiger charge is 2.42. The van der Waals surface area contributed by atoms with Gasteiger partial charge in [0.1, 0.15) is 6.61 Å². The fourth-order valence-electron chi connectivity index (χ4n) is 3.40. The summed E-state index contributed by atoms with van der Waals surface area (Å²) in [6.07, 6.45) is 0.374. The third-order valence-corrected chi connectivity index (χ3v) is 5.70. The van der Waals surface area contributed by atoms with Gasteiger partial charge in [0.05, 0.1) is 37.6 Å². The molecule has 3 rings (SSSR count). The Morgan fingerprint density at radius 3 is 2.77 bits per heavy atom. The Morgan fingerprint density at radius 2 is 2.07 bits per heavy atom. The van der Waals surface area contributed by atoms with Crippen molar-refractivity contribution in [1.29, 1.82) is 0 Å². The number of carbonyl (C=O) groups is 2. The summed E-state index contributed by atoms with van der Waals surface area (Å²) in [4.78, 5) is 31.9. The minimum absolute atomic E-state index is 0.0833. The minimum atomic E-state index is -0.655. The van der Waals surface area contributed by atoms with E-state index in [0.717, 1.165) is 5.56 Å². The predicted molar refractivity (Wildman–Crippen MR) is 114 cm³/mol. The molecule has 1 aromatic rings. The molecule has 0 unspecified atom stereocenters. The maximum absolute atomic E-state index is 13.0. The SMILES string of the molecule is CCOc1ccc([C@@H]2C(C(=O)OCCOC)=C(C)N=C3SCCC(=O)N32)cc1OC. The molecule has 30 heavy (non-hydrogen) atoms. The van der Waals surface area contributed by atoms with Crippen LogP contribution in [0.15, 0.2) is 34.5 Å². The molecule has 9 heteroatoms. The molecule has 1 saturated heterocycles. The topological polar surface area (TPSA) is 86.7 Å².